The number of hydrogen-bond acceptors (Lipinski definition) is 5. The van der Waals surface area contributed by atoms with E-state index in [2.05, 4.69) is 31.3 Å². The second kappa shape index (κ2) is 77.8. The van der Waals surface area contributed by atoms with Crippen LogP contribution in [0.3, 0.4) is 0 Å². The van der Waals surface area contributed by atoms with Gasteiger partial charge in [0.2, 0.25) is 5.91 Å². The molecule has 0 saturated heterocycles. The number of amides is 1. The average molecular weight is 1240 g/mol. The normalized spacial score (nSPS) is 12.5. The SMILES string of the molecule is CCCCCCCCC/C=C\CCCCCCCC(=O)OCCCCCCCCCCCCCCCCCCCCCCCCCCCCCCCCCCCCCC(=O)NC(CO)C(O)/C=C/CCCCCCCCCCCCCCCCCCCC. The van der Waals surface area contributed by atoms with Gasteiger partial charge in [0.15, 0.2) is 0 Å². The van der Waals surface area contributed by atoms with Crippen LogP contribution >= 0.6 is 0 Å². The van der Waals surface area contributed by atoms with Crippen LogP contribution in [0.15, 0.2) is 24.3 Å². The second-order valence-corrected chi connectivity index (χ2v) is 28.1. The molecule has 0 aliphatic rings. The van der Waals surface area contributed by atoms with Crippen LogP contribution in [0.25, 0.3) is 0 Å². The number of esters is 1. The quantitative estimate of drug-likeness (QED) is 0.0320. The predicted octanol–water partition coefficient (Wildman–Crippen LogP) is 26.8. The molecule has 6 heteroatoms. The van der Waals surface area contributed by atoms with E-state index in [0.717, 1.165) is 44.9 Å². The van der Waals surface area contributed by atoms with Gasteiger partial charge in [-0.3, -0.25) is 9.59 Å². The van der Waals surface area contributed by atoms with E-state index in [0.29, 0.717) is 19.4 Å². The third-order valence-electron chi connectivity index (χ3n) is 19.2. The van der Waals surface area contributed by atoms with E-state index < -0.39 is 12.1 Å². The van der Waals surface area contributed by atoms with Gasteiger partial charge in [-0.15, -0.1) is 0 Å². The molecule has 3 N–H and O–H groups in total. The lowest BCUT2D eigenvalue weighted by atomic mass is 10.0. The summed E-state index contributed by atoms with van der Waals surface area (Å²) in [6.07, 6.45) is 100. The minimum atomic E-state index is -0.841. The Balaban J connectivity index is 3.33. The summed E-state index contributed by atoms with van der Waals surface area (Å²) in [7, 11) is 0. The van der Waals surface area contributed by atoms with E-state index >= 15 is 0 Å². The van der Waals surface area contributed by atoms with Crippen molar-refractivity contribution in [2.75, 3.05) is 13.2 Å². The molecule has 2 atom stereocenters. The zero-order chi connectivity index (χ0) is 63.5. The van der Waals surface area contributed by atoms with Crippen molar-refractivity contribution < 1.29 is 24.5 Å². The van der Waals surface area contributed by atoms with Crippen molar-refractivity contribution in [2.24, 2.45) is 0 Å². The Kier molecular flexibility index (Phi) is 76.3. The van der Waals surface area contributed by atoms with Crippen LogP contribution in [0.5, 0.6) is 0 Å². The smallest absolute Gasteiger partial charge is 0.305 e. The van der Waals surface area contributed by atoms with Gasteiger partial charge in [0.25, 0.3) is 0 Å². The number of carbonyl (C=O) groups excluding carboxylic acids is 2. The van der Waals surface area contributed by atoms with Crippen LogP contribution in [0.1, 0.15) is 463 Å². The van der Waals surface area contributed by atoms with Gasteiger partial charge in [-0.2, -0.15) is 0 Å². The highest BCUT2D eigenvalue weighted by Gasteiger charge is 2.18. The molecule has 0 aliphatic carbocycles. The van der Waals surface area contributed by atoms with Gasteiger partial charge in [-0.25, -0.2) is 0 Å². The maximum Gasteiger partial charge on any atom is 0.305 e. The number of allylic oxidation sites excluding steroid dienone is 3. The van der Waals surface area contributed by atoms with Crippen molar-refractivity contribution in [3.05, 3.63) is 24.3 Å². The minimum absolute atomic E-state index is 0.0160. The Morgan fingerprint density at radius 1 is 0.307 bits per heavy atom. The van der Waals surface area contributed by atoms with E-state index in [4.69, 9.17) is 4.74 Å². The minimum Gasteiger partial charge on any atom is -0.466 e. The highest BCUT2D eigenvalue weighted by molar-refractivity contribution is 5.76. The van der Waals surface area contributed by atoms with Gasteiger partial charge in [-0.05, 0) is 57.8 Å². The number of unbranched alkanes of at least 4 members (excludes halogenated alkanes) is 64. The van der Waals surface area contributed by atoms with Crippen LogP contribution in [-0.2, 0) is 14.3 Å². The first-order valence-electron chi connectivity index (χ1n) is 40.6. The Morgan fingerprint density at radius 3 is 0.807 bits per heavy atom. The molecule has 0 fully saturated rings. The molecular weight excluding hydrogens is 1080 g/mol. The van der Waals surface area contributed by atoms with Crippen molar-refractivity contribution in [2.45, 2.75) is 475 Å². The first kappa shape index (κ1) is 86.3. The molecule has 522 valence electrons. The number of aliphatic hydroxyl groups is 2. The first-order chi connectivity index (χ1) is 43.5. The largest absolute Gasteiger partial charge is 0.466 e. The van der Waals surface area contributed by atoms with Gasteiger partial charge < -0.3 is 20.3 Å². The zero-order valence-electron chi connectivity index (χ0n) is 60.0. The third kappa shape index (κ3) is 73.4. The van der Waals surface area contributed by atoms with Crippen molar-refractivity contribution >= 4 is 11.9 Å². The van der Waals surface area contributed by atoms with Gasteiger partial charge in [0.1, 0.15) is 0 Å². The summed E-state index contributed by atoms with van der Waals surface area (Å²) in [4.78, 5) is 24.6. The lowest BCUT2D eigenvalue weighted by Gasteiger charge is -2.20. The fraction of sp³-hybridized carbons (Fsp3) is 0.927. The van der Waals surface area contributed by atoms with E-state index in [-0.39, 0.29) is 18.5 Å². The first-order valence-corrected chi connectivity index (χ1v) is 40.6. The number of hydrogen-bond donors (Lipinski definition) is 3. The molecule has 0 aromatic carbocycles. The molecule has 88 heavy (non-hydrogen) atoms. The van der Waals surface area contributed by atoms with Gasteiger partial charge in [-0.1, -0.05) is 417 Å². The molecule has 0 rings (SSSR count). The highest BCUT2D eigenvalue weighted by Crippen LogP contribution is 2.20. The van der Waals surface area contributed by atoms with Gasteiger partial charge in [0.05, 0.1) is 25.4 Å². The average Bonchev–Trinajstić information content (AvgIpc) is 3.58. The van der Waals surface area contributed by atoms with E-state index in [1.54, 1.807) is 6.08 Å². The number of nitrogens with one attached hydrogen (secondary N) is 1. The molecule has 2 unspecified atom stereocenters. The molecule has 0 aromatic heterocycles. The van der Waals surface area contributed by atoms with Crippen LogP contribution in [-0.4, -0.2) is 47.4 Å². The molecule has 1 amide bonds. The van der Waals surface area contributed by atoms with E-state index in [1.807, 2.05) is 6.08 Å². The number of ether oxygens (including phenoxy) is 1. The molecular formula is C82H159NO5. The monoisotopic (exact) mass is 1240 g/mol. The van der Waals surface area contributed by atoms with Crippen LogP contribution in [0, 0.1) is 0 Å². The third-order valence-corrected chi connectivity index (χ3v) is 19.2. The molecule has 0 spiro atoms. The highest BCUT2D eigenvalue weighted by atomic mass is 16.5. The standard InChI is InChI=1S/C82H159NO5/c1-3-5-7-9-11-13-15-17-19-21-22-40-43-46-50-54-58-62-66-70-74-80(85)79(78-84)83-81(86)75-71-67-63-59-55-51-47-44-41-38-36-34-32-30-28-26-24-23-25-27-29-31-33-35-37-39-42-45-49-53-57-61-65-69-73-77-88-82(87)76-72-68-64-60-56-52-48-20-18-16-14-12-10-8-6-4-2/h20,48,70,74,79-80,84-85H,3-19,21-47,49-69,71-73,75-78H2,1-2H3,(H,83,86)/b48-20-,74-70+. The van der Waals surface area contributed by atoms with Crippen molar-refractivity contribution in [1.82, 2.24) is 5.32 Å². The van der Waals surface area contributed by atoms with Crippen molar-refractivity contribution in [3.8, 4) is 0 Å². The maximum absolute atomic E-state index is 12.5. The van der Waals surface area contributed by atoms with Crippen LogP contribution < -0.4 is 5.32 Å². The van der Waals surface area contributed by atoms with E-state index in [9.17, 15) is 19.8 Å². The van der Waals surface area contributed by atoms with Gasteiger partial charge in [0, 0.05) is 12.8 Å². The number of carbonyl (C=O) groups is 2. The summed E-state index contributed by atoms with van der Waals surface area (Å²) in [5, 5.41) is 23.3. The maximum atomic E-state index is 12.5. The second-order valence-electron chi connectivity index (χ2n) is 28.1. The fourth-order valence-corrected chi connectivity index (χ4v) is 13.0. The predicted molar refractivity (Wildman–Crippen MR) is 389 cm³/mol. The Bertz CT molecular complexity index is 1380. The summed E-state index contributed by atoms with van der Waals surface area (Å²) >= 11 is 0. The summed E-state index contributed by atoms with van der Waals surface area (Å²) in [5.41, 5.74) is 0. The van der Waals surface area contributed by atoms with Crippen LogP contribution in [0.4, 0.5) is 0 Å². The molecule has 0 aliphatic heterocycles. The Morgan fingerprint density at radius 2 is 0.534 bits per heavy atom. The summed E-state index contributed by atoms with van der Waals surface area (Å²) in [6, 6.07) is -0.624. The Labute approximate surface area is 551 Å². The molecule has 0 bridgehead atoms. The summed E-state index contributed by atoms with van der Waals surface area (Å²) < 4.78 is 5.51. The molecule has 0 saturated carbocycles. The molecule has 6 nitrogen and oxygen atoms in total. The molecule has 0 heterocycles. The lowest BCUT2D eigenvalue weighted by Crippen LogP contribution is -2.45. The lowest BCUT2D eigenvalue weighted by molar-refractivity contribution is -0.143. The van der Waals surface area contributed by atoms with Gasteiger partial charge >= 0.3 is 5.97 Å². The molecule has 0 radical (unpaired) electrons. The number of aliphatic hydroxyl groups excluding tert-OH is 2. The van der Waals surface area contributed by atoms with E-state index in [1.165, 1.54) is 392 Å². The summed E-state index contributed by atoms with van der Waals surface area (Å²) in [6.45, 7) is 4.95. The Hall–Kier alpha value is -1.66. The zero-order valence-corrected chi connectivity index (χ0v) is 60.0. The van der Waals surface area contributed by atoms with Crippen molar-refractivity contribution in [3.63, 3.8) is 0 Å². The fourth-order valence-electron chi connectivity index (χ4n) is 13.0. The molecule has 0 aromatic rings. The van der Waals surface area contributed by atoms with Crippen molar-refractivity contribution in [1.29, 1.82) is 0 Å². The summed E-state index contributed by atoms with van der Waals surface area (Å²) in [5.74, 6) is -0.0420. The van der Waals surface area contributed by atoms with Crippen LogP contribution in [0.2, 0.25) is 0 Å². The topological polar surface area (TPSA) is 95.9 Å². The number of rotatable bonds is 77.